The summed E-state index contributed by atoms with van der Waals surface area (Å²) < 4.78 is 10.7. The van der Waals surface area contributed by atoms with Crippen LogP contribution in [0, 0.1) is 5.92 Å². The van der Waals surface area contributed by atoms with E-state index in [1.165, 1.54) is 0 Å². The summed E-state index contributed by atoms with van der Waals surface area (Å²) in [5, 5.41) is 10.4. The highest BCUT2D eigenvalue weighted by Crippen LogP contribution is 2.31. The number of ether oxygens (including phenoxy) is 1. The molecule has 0 radical (unpaired) electrons. The second-order valence-electron chi connectivity index (χ2n) is 6.17. The van der Waals surface area contributed by atoms with Gasteiger partial charge in [0.1, 0.15) is 5.75 Å². The fourth-order valence-electron chi connectivity index (χ4n) is 2.62. The first kappa shape index (κ1) is 16.8. The maximum Gasteiger partial charge on any atom is 0.372 e. The van der Waals surface area contributed by atoms with Crippen molar-refractivity contribution in [3.8, 4) is 16.9 Å². The molecule has 1 aromatic heterocycles. The van der Waals surface area contributed by atoms with Crippen molar-refractivity contribution in [3.05, 3.63) is 64.7 Å². The van der Waals surface area contributed by atoms with Gasteiger partial charge in [-0.3, -0.25) is 0 Å². The van der Waals surface area contributed by atoms with Crippen molar-refractivity contribution < 1.29 is 19.1 Å². The lowest BCUT2D eigenvalue weighted by Crippen LogP contribution is -2.09. The lowest BCUT2D eigenvalue weighted by Gasteiger charge is -2.11. The maximum absolute atomic E-state index is 12.0. The summed E-state index contributed by atoms with van der Waals surface area (Å²) in [4.78, 5) is 23.6. The molecule has 0 bridgehead atoms. The van der Waals surface area contributed by atoms with E-state index >= 15 is 0 Å². The monoisotopic (exact) mass is 338 g/mol. The second-order valence-corrected chi connectivity index (χ2v) is 6.17. The van der Waals surface area contributed by atoms with E-state index in [2.05, 4.69) is 13.8 Å². The number of benzene rings is 2. The molecule has 1 heterocycles. The highest BCUT2D eigenvalue weighted by molar-refractivity contribution is 6.04. The highest BCUT2D eigenvalue weighted by atomic mass is 16.5. The molecule has 0 saturated carbocycles. The Morgan fingerprint density at radius 2 is 1.72 bits per heavy atom. The zero-order chi connectivity index (χ0) is 18.0. The first-order valence-electron chi connectivity index (χ1n) is 7.99. The van der Waals surface area contributed by atoms with Gasteiger partial charge < -0.3 is 14.3 Å². The average Bonchev–Trinajstić information content (AvgIpc) is 2.60. The number of aromatic carboxylic acids is 1. The Labute approximate surface area is 144 Å². The maximum atomic E-state index is 12.0. The van der Waals surface area contributed by atoms with Gasteiger partial charge >= 0.3 is 11.6 Å². The fraction of sp³-hybridized carbons (Fsp3) is 0.200. The molecule has 5 nitrogen and oxygen atoms in total. The van der Waals surface area contributed by atoms with E-state index in [-0.39, 0.29) is 5.76 Å². The van der Waals surface area contributed by atoms with Gasteiger partial charge in [-0.05, 0) is 29.7 Å². The van der Waals surface area contributed by atoms with Crippen molar-refractivity contribution in [2.45, 2.75) is 13.8 Å². The smallest absolute Gasteiger partial charge is 0.372 e. The van der Waals surface area contributed by atoms with Gasteiger partial charge in [0.25, 0.3) is 0 Å². The van der Waals surface area contributed by atoms with Gasteiger partial charge in [-0.25, -0.2) is 9.59 Å². The van der Waals surface area contributed by atoms with Gasteiger partial charge in [-0.15, -0.1) is 0 Å². The van der Waals surface area contributed by atoms with E-state index in [4.69, 9.17) is 9.15 Å². The van der Waals surface area contributed by atoms with Crippen LogP contribution in [0.4, 0.5) is 0 Å². The van der Waals surface area contributed by atoms with Gasteiger partial charge in [0.05, 0.1) is 12.0 Å². The van der Waals surface area contributed by atoms with Crippen LogP contribution in [0.5, 0.6) is 5.75 Å². The molecule has 0 atom stereocenters. The summed E-state index contributed by atoms with van der Waals surface area (Å²) in [5.41, 5.74) is 0.376. The predicted molar refractivity (Wildman–Crippen MR) is 95.2 cm³/mol. The van der Waals surface area contributed by atoms with Gasteiger partial charge in [0.2, 0.25) is 5.76 Å². The summed E-state index contributed by atoms with van der Waals surface area (Å²) in [5.74, 6) is -0.529. The lowest BCUT2D eigenvalue weighted by atomic mass is 9.98. The summed E-state index contributed by atoms with van der Waals surface area (Å²) in [6.07, 6.45) is 0. The lowest BCUT2D eigenvalue weighted by molar-refractivity contribution is 0.0659. The van der Waals surface area contributed by atoms with Crippen LogP contribution in [0.15, 0.2) is 57.7 Å². The Balaban J connectivity index is 2.14. The normalized spacial score (nSPS) is 11.0. The Morgan fingerprint density at radius 1 is 1.08 bits per heavy atom. The molecular formula is C20H18O5. The van der Waals surface area contributed by atoms with Crippen molar-refractivity contribution in [2.24, 2.45) is 5.92 Å². The molecule has 0 aliphatic carbocycles. The molecule has 5 heteroatoms. The average molecular weight is 338 g/mol. The summed E-state index contributed by atoms with van der Waals surface area (Å²) in [6, 6.07) is 13.9. The second kappa shape index (κ2) is 6.81. The molecule has 0 saturated heterocycles. The molecule has 3 rings (SSSR count). The van der Waals surface area contributed by atoms with Crippen LogP contribution in [-0.4, -0.2) is 17.7 Å². The molecule has 0 amide bonds. The Bertz CT molecular complexity index is 968. The molecular weight excluding hydrogens is 320 g/mol. The highest BCUT2D eigenvalue weighted by Gasteiger charge is 2.20. The van der Waals surface area contributed by atoms with E-state index in [9.17, 15) is 14.7 Å². The first-order valence-corrected chi connectivity index (χ1v) is 7.99. The Hall–Kier alpha value is -3.08. The largest absolute Gasteiger partial charge is 0.493 e. The third-order valence-corrected chi connectivity index (χ3v) is 3.76. The summed E-state index contributed by atoms with van der Waals surface area (Å²) in [7, 11) is 0. The first-order chi connectivity index (χ1) is 12.0. The fourth-order valence-corrected chi connectivity index (χ4v) is 2.62. The number of hydrogen-bond donors (Lipinski definition) is 1. The summed E-state index contributed by atoms with van der Waals surface area (Å²) >= 11 is 0. The molecule has 0 aliphatic heterocycles. The minimum atomic E-state index is -1.28. The van der Waals surface area contributed by atoms with Crippen LogP contribution < -0.4 is 10.4 Å². The molecule has 3 aromatic rings. The van der Waals surface area contributed by atoms with Crippen molar-refractivity contribution in [1.82, 2.24) is 0 Å². The van der Waals surface area contributed by atoms with Crippen molar-refractivity contribution in [2.75, 3.05) is 6.61 Å². The standard InChI is InChI=1S/C20H18O5/c1-12(2)11-24-14-9-7-13(8-10-14)17-15-5-3-4-6-16(15)20(23)25-18(17)19(21)22/h3-10,12H,11H2,1-2H3,(H,21,22). The number of carbonyl (C=O) groups is 1. The van der Waals surface area contributed by atoms with Crippen LogP contribution in [0.3, 0.4) is 0 Å². The number of rotatable bonds is 5. The summed E-state index contributed by atoms with van der Waals surface area (Å²) in [6.45, 7) is 4.72. The Morgan fingerprint density at radius 3 is 2.32 bits per heavy atom. The van der Waals surface area contributed by atoms with Crippen LogP contribution in [0.1, 0.15) is 24.4 Å². The molecule has 0 unspecified atom stereocenters. The third-order valence-electron chi connectivity index (χ3n) is 3.76. The van der Waals surface area contributed by atoms with Crippen molar-refractivity contribution in [1.29, 1.82) is 0 Å². The number of carboxylic acids is 1. The zero-order valence-corrected chi connectivity index (χ0v) is 14.0. The molecule has 0 fully saturated rings. The topological polar surface area (TPSA) is 76.7 Å². The van der Waals surface area contributed by atoms with E-state index in [0.717, 1.165) is 0 Å². The van der Waals surface area contributed by atoms with Gasteiger partial charge in [-0.2, -0.15) is 0 Å². The minimum Gasteiger partial charge on any atom is -0.493 e. The molecule has 2 aromatic carbocycles. The number of hydrogen-bond acceptors (Lipinski definition) is 4. The van der Waals surface area contributed by atoms with E-state index in [1.54, 1.807) is 48.5 Å². The Kier molecular flexibility index (Phi) is 4.57. The van der Waals surface area contributed by atoms with Crippen LogP contribution >= 0.6 is 0 Å². The van der Waals surface area contributed by atoms with Crippen molar-refractivity contribution in [3.63, 3.8) is 0 Å². The predicted octanol–water partition coefficient (Wildman–Crippen LogP) is 4.19. The SMILES string of the molecule is CC(C)COc1ccc(-c2c(C(=O)O)oc(=O)c3ccccc23)cc1. The van der Waals surface area contributed by atoms with E-state index < -0.39 is 11.6 Å². The van der Waals surface area contributed by atoms with Crippen LogP contribution in [-0.2, 0) is 0 Å². The van der Waals surface area contributed by atoms with Crippen molar-refractivity contribution >= 4 is 16.7 Å². The van der Waals surface area contributed by atoms with Gasteiger partial charge in [-0.1, -0.05) is 44.2 Å². The zero-order valence-electron chi connectivity index (χ0n) is 14.0. The van der Waals surface area contributed by atoms with Crippen LogP contribution in [0.2, 0.25) is 0 Å². The molecule has 1 N–H and O–H groups in total. The number of carboxylic acid groups (broad SMARTS) is 1. The third kappa shape index (κ3) is 3.40. The van der Waals surface area contributed by atoms with Gasteiger partial charge in [0, 0.05) is 10.9 Å². The molecule has 0 spiro atoms. The number of fused-ring (bicyclic) bond motifs is 1. The molecule has 128 valence electrons. The van der Waals surface area contributed by atoms with E-state index in [1.807, 2.05) is 0 Å². The van der Waals surface area contributed by atoms with Gasteiger partial charge in [0.15, 0.2) is 0 Å². The molecule has 25 heavy (non-hydrogen) atoms. The van der Waals surface area contributed by atoms with E-state index in [0.29, 0.717) is 40.2 Å². The minimum absolute atomic E-state index is 0.350. The molecule has 0 aliphatic rings. The van der Waals surface area contributed by atoms with Crippen LogP contribution in [0.25, 0.3) is 21.9 Å². The quantitative estimate of drug-likeness (QED) is 0.755.